The molecule has 1 heterocycles. The topological polar surface area (TPSA) is 76.0 Å². The molecule has 0 fully saturated rings. The van der Waals surface area contributed by atoms with Gasteiger partial charge in [0.05, 0.1) is 23.8 Å². The molecule has 33 heavy (non-hydrogen) atoms. The predicted molar refractivity (Wildman–Crippen MR) is 118 cm³/mol. The number of aromatic nitrogens is 2. The van der Waals surface area contributed by atoms with Crippen LogP contribution in [0.25, 0.3) is 5.69 Å². The molecule has 0 saturated heterocycles. The van der Waals surface area contributed by atoms with Crippen molar-refractivity contribution in [2.45, 2.75) is 32.5 Å². The highest BCUT2D eigenvalue weighted by Crippen LogP contribution is 2.30. The summed E-state index contributed by atoms with van der Waals surface area (Å²) in [4.78, 5) is 24.6. The molecule has 0 saturated carbocycles. The smallest absolute Gasteiger partial charge is 0.352 e. The van der Waals surface area contributed by atoms with Crippen LogP contribution in [0.15, 0.2) is 54.6 Å². The van der Waals surface area contributed by atoms with Gasteiger partial charge in [0.1, 0.15) is 0 Å². The van der Waals surface area contributed by atoms with E-state index >= 15 is 0 Å². The first-order valence-electron chi connectivity index (χ1n) is 10.2. The van der Waals surface area contributed by atoms with Gasteiger partial charge in [0.25, 0.3) is 5.91 Å². The number of rotatable bonds is 7. The fraction of sp³-hybridized carbons (Fsp3) is 0.261. The van der Waals surface area contributed by atoms with Gasteiger partial charge in [-0.2, -0.15) is 18.3 Å². The summed E-state index contributed by atoms with van der Waals surface area (Å²) >= 11 is 5.97. The van der Waals surface area contributed by atoms with Crippen LogP contribution in [0.4, 0.5) is 13.2 Å². The summed E-state index contributed by atoms with van der Waals surface area (Å²) in [6.07, 6.45) is -4.64. The Bertz CT molecular complexity index is 1140. The van der Waals surface area contributed by atoms with E-state index in [1.807, 2.05) is 6.92 Å². The lowest BCUT2D eigenvalue weighted by atomic mass is 9.99. The van der Waals surface area contributed by atoms with Crippen molar-refractivity contribution in [1.29, 1.82) is 0 Å². The Morgan fingerprint density at radius 3 is 2.39 bits per heavy atom. The van der Waals surface area contributed by atoms with Crippen molar-refractivity contribution in [2.75, 3.05) is 6.54 Å². The van der Waals surface area contributed by atoms with Crippen LogP contribution in [0.1, 0.15) is 47.1 Å². The van der Waals surface area contributed by atoms with Crippen LogP contribution >= 0.6 is 11.6 Å². The van der Waals surface area contributed by atoms with Crippen LogP contribution < -0.4 is 10.6 Å². The summed E-state index contributed by atoms with van der Waals surface area (Å²) in [5.41, 5.74) is 0.562. The minimum absolute atomic E-state index is 0.150. The molecule has 0 aliphatic rings. The Balaban J connectivity index is 1.76. The standard InChI is InChI=1S/C23H22ClF3N4O2/c1-3-28-22(33)16-9-7-15(8-10-16)14(2)21(32)29-13-19-12-20(23(25,26)27)30-31(19)18-6-4-5-17(24)11-18/h4-12,14H,3,13H2,1-2H3,(H,28,33)(H,29,32). The lowest BCUT2D eigenvalue weighted by molar-refractivity contribution is -0.141. The molecule has 1 atom stereocenters. The van der Waals surface area contributed by atoms with Crippen LogP contribution in [0.3, 0.4) is 0 Å². The quantitative estimate of drug-likeness (QED) is 0.516. The molecule has 0 radical (unpaired) electrons. The summed E-state index contributed by atoms with van der Waals surface area (Å²) in [7, 11) is 0. The number of benzene rings is 2. The molecule has 6 nitrogen and oxygen atoms in total. The van der Waals surface area contributed by atoms with Gasteiger partial charge in [0.15, 0.2) is 5.69 Å². The average Bonchev–Trinajstić information content (AvgIpc) is 3.22. The molecular formula is C23H22ClF3N4O2. The second-order valence-corrected chi connectivity index (χ2v) is 7.77. The van der Waals surface area contributed by atoms with Crippen LogP contribution in [0, 0.1) is 0 Å². The molecule has 2 amide bonds. The third-order valence-electron chi connectivity index (χ3n) is 4.97. The average molecular weight is 479 g/mol. The van der Waals surface area contributed by atoms with Crippen molar-refractivity contribution in [2.24, 2.45) is 0 Å². The van der Waals surface area contributed by atoms with Crippen molar-refractivity contribution >= 4 is 23.4 Å². The summed E-state index contributed by atoms with van der Waals surface area (Å²) in [6, 6.07) is 13.7. The maximum absolute atomic E-state index is 13.2. The molecule has 0 aliphatic heterocycles. The van der Waals surface area contributed by atoms with Gasteiger partial charge in [-0.3, -0.25) is 9.59 Å². The first-order chi connectivity index (χ1) is 15.6. The van der Waals surface area contributed by atoms with Crippen LogP contribution in [-0.4, -0.2) is 28.1 Å². The van der Waals surface area contributed by atoms with Gasteiger partial charge in [0, 0.05) is 17.1 Å². The van der Waals surface area contributed by atoms with Gasteiger partial charge in [-0.05, 0) is 55.8 Å². The molecule has 0 bridgehead atoms. The molecule has 1 aromatic heterocycles. The SMILES string of the molecule is CCNC(=O)c1ccc(C(C)C(=O)NCc2cc(C(F)(F)F)nn2-c2cccc(Cl)c2)cc1. The highest BCUT2D eigenvalue weighted by atomic mass is 35.5. The number of nitrogens with zero attached hydrogens (tertiary/aromatic N) is 2. The number of carbonyl (C=O) groups excluding carboxylic acids is 2. The summed E-state index contributed by atoms with van der Waals surface area (Å²) in [5.74, 6) is -1.18. The molecule has 0 aliphatic carbocycles. The molecule has 3 aromatic rings. The normalized spacial score (nSPS) is 12.3. The molecule has 0 spiro atoms. The summed E-state index contributed by atoms with van der Waals surface area (Å²) < 4.78 is 40.8. The first-order valence-corrected chi connectivity index (χ1v) is 10.6. The number of carbonyl (C=O) groups is 2. The summed E-state index contributed by atoms with van der Waals surface area (Å²) in [6.45, 7) is 3.82. The fourth-order valence-electron chi connectivity index (χ4n) is 3.18. The van der Waals surface area contributed by atoms with Gasteiger partial charge < -0.3 is 10.6 Å². The maximum atomic E-state index is 13.2. The zero-order chi connectivity index (χ0) is 24.2. The first kappa shape index (κ1) is 24.3. The predicted octanol–water partition coefficient (Wildman–Crippen LogP) is 4.71. The van der Waals surface area contributed by atoms with E-state index in [1.165, 1.54) is 6.07 Å². The number of amides is 2. The van der Waals surface area contributed by atoms with Gasteiger partial charge in [0.2, 0.25) is 5.91 Å². The summed E-state index contributed by atoms with van der Waals surface area (Å²) in [5, 5.41) is 9.36. The molecular weight excluding hydrogens is 457 g/mol. The number of hydrogen-bond donors (Lipinski definition) is 2. The van der Waals surface area contributed by atoms with Gasteiger partial charge in [-0.15, -0.1) is 0 Å². The van der Waals surface area contributed by atoms with E-state index < -0.39 is 17.8 Å². The Labute approximate surface area is 193 Å². The zero-order valence-electron chi connectivity index (χ0n) is 17.9. The third-order valence-corrected chi connectivity index (χ3v) is 5.21. The van der Waals surface area contributed by atoms with E-state index in [2.05, 4.69) is 15.7 Å². The molecule has 2 N–H and O–H groups in total. The van der Waals surface area contributed by atoms with Gasteiger partial charge >= 0.3 is 6.18 Å². The van der Waals surface area contributed by atoms with Crippen molar-refractivity contribution in [1.82, 2.24) is 20.4 Å². The van der Waals surface area contributed by atoms with Gasteiger partial charge in [-0.25, -0.2) is 4.68 Å². The van der Waals surface area contributed by atoms with Crippen molar-refractivity contribution < 1.29 is 22.8 Å². The molecule has 10 heteroatoms. The maximum Gasteiger partial charge on any atom is 0.435 e. The highest BCUT2D eigenvalue weighted by molar-refractivity contribution is 6.30. The Hall–Kier alpha value is -3.33. The minimum Gasteiger partial charge on any atom is -0.352 e. The van der Waals surface area contributed by atoms with Crippen molar-refractivity contribution in [3.8, 4) is 5.69 Å². The van der Waals surface area contributed by atoms with Crippen LogP contribution in [0.2, 0.25) is 5.02 Å². The minimum atomic E-state index is -4.64. The van der Waals surface area contributed by atoms with Crippen LogP contribution in [0.5, 0.6) is 0 Å². The second-order valence-electron chi connectivity index (χ2n) is 7.33. The fourth-order valence-corrected chi connectivity index (χ4v) is 3.37. The Morgan fingerprint density at radius 1 is 1.09 bits per heavy atom. The number of alkyl halides is 3. The largest absolute Gasteiger partial charge is 0.435 e. The second kappa shape index (κ2) is 10.1. The van der Waals surface area contributed by atoms with E-state index in [9.17, 15) is 22.8 Å². The van der Waals surface area contributed by atoms with Crippen LogP contribution in [-0.2, 0) is 17.5 Å². The third kappa shape index (κ3) is 5.92. The van der Waals surface area contributed by atoms with E-state index in [-0.39, 0.29) is 24.1 Å². The van der Waals surface area contributed by atoms with E-state index in [0.29, 0.717) is 28.4 Å². The number of halogens is 4. The van der Waals surface area contributed by atoms with Gasteiger partial charge in [-0.1, -0.05) is 29.8 Å². The van der Waals surface area contributed by atoms with Crippen molar-refractivity contribution in [3.63, 3.8) is 0 Å². The lowest BCUT2D eigenvalue weighted by Gasteiger charge is -2.14. The monoisotopic (exact) mass is 478 g/mol. The molecule has 3 rings (SSSR count). The Kier molecular flexibility index (Phi) is 7.43. The number of hydrogen-bond acceptors (Lipinski definition) is 3. The zero-order valence-corrected chi connectivity index (χ0v) is 18.7. The molecule has 174 valence electrons. The molecule has 1 unspecified atom stereocenters. The van der Waals surface area contributed by atoms with E-state index in [4.69, 9.17) is 11.6 Å². The van der Waals surface area contributed by atoms with E-state index in [1.54, 1.807) is 49.4 Å². The lowest BCUT2D eigenvalue weighted by Crippen LogP contribution is -2.28. The highest BCUT2D eigenvalue weighted by Gasteiger charge is 2.35. The number of nitrogens with one attached hydrogen (secondary N) is 2. The molecule has 2 aromatic carbocycles. The van der Waals surface area contributed by atoms with Crippen molar-refractivity contribution in [3.05, 3.63) is 82.1 Å². The Morgan fingerprint density at radius 2 is 1.79 bits per heavy atom. The van der Waals surface area contributed by atoms with E-state index in [0.717, 1.165) is 10.7 Å².